The molecule has 3 rings (SSSR count). The number of carbonyl (C=O) groups excluding carboxylic acids is 2. The predicted molar refractivity (Wildman–Crippen MR) is 89.6 cm³/mol. The van der Waals surface area contributed by atoms with Crippen molar-refractivity contribution in [3.8, 4) is 0 Å². The highest BCUT2D eigenvalue weighted by Crippen LogP contribution is 2.49. The van der Waals surface area contributed by atoms with Crippen molar-refractivity contribution in [2.75, 3.05) is 11.9 Å². The maximum absolute atomic E-state index is 12.7. The van der Waals surface area contributed by atoms with E-state index in [1.54, 1.807) is 0 Å². The number of ether oxygens (including phenoxy) is 1. The van der Waals surface area contributed by atoms with Crippen molar-refractivity contribution < 1.29 is 27.5 Å². The first-order valence-electron chi connectivity index (χ1n) is 8.54. The van der Waals surface area contributed by atoms with E-state index in [0.717, 1.165) is 31.0 Å². The maximum atomic E-state index is 12.7. The molecule has 0 saturated heterocycles. The molecule has 2 aliphatic carbocycles. The Balaban J connectivity index is 1.49. The lowest BCUT2D eigenvalue weighted by atomic mass is 9.86. The molecule has 142 valence electrons. The molecule has 3 atom stereocenters. The maximum Gasteiger partial charge on any atom is 0.416 e. The van der Waals surface area contributed by atoms with Crippen LogP contribution in [0.3, 0.4) is 0 Å². The zero-order valence-electron chi connectivity index (χ0n) is 13.9. The molecule has 2 fully saturated rings. The van der Waals surface area contributed by atoms with Crippen molar-refractivity contribution in [3.63, 3.8) is 0 Å². The van der Waals surface area contributed by atoms with Gasteiger partial charge in [-0.25, -0.2) is 0 Å². The Morgan fingerprint density at radius 3 is 2.62 bits per heavy atom. The molecule has 0 aromatic heterocycles. The third-order valence-electron chi connectivity index (χ3n) is 5.25. The molecule has 8 heteroatoms. The number of hydrogen-bond donors (Lipinski definition) is 1. The monoisotopic (exact) mass is 389 g/mol. The summed E-state index contributed by atoms with van der Waals surface area (Å²) in [4.78, 5) is 23.8. The fraction of sp³-hybridized carbons (Fsp3) is 0.556. The predicted octanol–water partition coefficient (Wildman–Crippen LogP) is 4.67. The number of hydrogen-bond acceptors (Lipinski definition) is 3. The van der Waals surface area contributed by atoms with Gasteiger partial charge in [-0.3, -0.25) is 9.59 Å². The van der Waals surface area contributed by atoms with Gasteiger partial charge in [0.1, 0.15) is 0 Å². The lowest BCUT2D eigenvalue weighted by Gasteiger charge is -2.20. The Kier molecular flexibility index (Phi) is 5.46. The number of fused-ring (bicyclic) bond motifs is 2. The number of halogens is 4. The summed E-state index contributed by atoms with van der Waals surface area (Å²) in [7, 11) is 0. The third kappa shape index (κ3) is 4.50. The highest BCUT2D eigenvalue weighted by atomic mass is 35.5. The van der Waals surface area contributed by atoms with Gasteiger partial charge in [0.05, 0.1) is 16.3 Å². The minimum atomic E-state index is -4.54. The van der Waals surface area contributed by atoms with Crippen LogP contribution < -0.4 is 5.32 Å². The Hall–Kier alpha value is -1.76. The minimum Gasteiger partial charge on any atom is -0.456 e. The second-order valence-electron chi connectivity index (χ2n) is 7.04. The fourth-order valence-electron chi connectivity index (χ4n) is 4.03. The number of amides is 1. The van der Waals surface area contributed by atoms with E-state index in [9.17, 15) is 22.8 Å². The molecule has 0 radical (unpaired) electrons. The number of benzene rings is 1. The molecule has 3 unspecified atom stereocenters. The zero-order chi connectivity index (χ0) is 18.9. The van der Waals surface area contributed by atoms with Crippen LogP contribution in [-0.2, 0) is 20.5 Å². The largest absolute Gasteiger partial charge is 0.456 e. The number of nitrogens with one attached hydrogen (secondary N) is 1. The minimum absolute atomic E-state index is 0.0281. The molecule has 1 aromatic rings. The van der Waals surface area contributed by atoms with Gasteiger partial charge in [-0.1, -0.05) is 18.0 Å². The number of esters is 1. The molecule has 2 bridgehead atoms. The lowest BCUT2D eigenvalue weighted by molar-refractivity contribution is -0.148. The summed E-state index contributed by atoms with van der Waals surface area (Å²) in [6.45, 7) is -0.549. The first-order chi connectivity index (χ1) is 12.2. The summed E-state index contributed by atoms with van der Waals surface area (Å²) < 4.78 is 43.1. The summed E-state index contributed by atoms with van der Waals surface area (Å²) in [5, 5.41) is 2.22. The molecule has 0 aliphatic heterocycles. The van der Waals surface area contributed by atoms with E-state index in [2.05, 4.69) is 5.32 Å². The molecule has 0 spiro atoms. The molecular weight excluding hydrogens is 371 g/mol. The highest BCUT2D eigenvalue weighted by Gasteiger charge is 2.40. The Bertz CT molecular complexity index is 707. The van der Waals surface area contributed by atoms with Crippen molar-refractivity contribution >= 4 is 29.2 Å². The van der Waals surface area contributed by atoms with Crippen molar-refractivity contribution in [2.24, 2.45) is 17.8 Å². The van der Waals surface area contributed by atoms with Crippen LogP contribution in [0, 0.1) is 17.8 Å². The number of rotatable bonds is 5. The van der Waals surface area contributed by atoms with E-state index in [-0.39, 0.29) is 10.7 Å². The summed E-state index contributed by atoms with van der Waals surface area (Å²) in [6.07, 6.45) is 0.335. The lowest BCUT2D eigenvalue weighted by Crippen LogP contribution is -2.23. The fourth-order valence-corrected chi connectivity index (χ4v) is 4.19. The van der Waals surface area contributed by atoms with Gasteiger partial charge in [-0.05, 0) is 55.2 Å². The second kappa shape index (κ2) is 7.47. The van der Waals surface area contributed by atoms with Crippen LogP contribution in [0.1, 0.15) is 37.7 Å². The van der Waals surface area contributed by atoms with Gasteiger partial charge in [-0.15, -0.1) is 0 Å². The summed E-state index contributed by atoms with van der Waals surface area (Å²) in [5.41, 5.74) is -1.10. The number of alkyl halides is 3. The third-order valence-corrected chi connectivity index (χ3v) is 5.58. The van der Waals surface area contributed by atoms with E-state index in [4.69, 9.17) is 16.3 Å². The van der Waals surface area contributed by atoms with E-state index in [1.807, 2.05) is 0 Å². The second-order valence-corrected chi connectivity index (χ2v) is 7.45. The van der Waals surface area contributed by atoms with Gasteiger partial charge in [0.15, 0.2) is 6.61 Å². The first kappa shape index (κ1) is 19.0. The van der Waals surface area contributed by atoms with Crippen LogP contribution in [0.5, 0.6) is 0 Å². The van der Waals surface area contributed by atoms with Crippen LogP contribution in [0.2, 0.25) is 5.02 Å². The molecule has 0 heterocycles. The molecule has 2 aliphatic rings. The van der Waals surface area contributed by atoms with Gasteiger partial charge in [0.2, 0.25) is 0 Å². The summed E-state index contributed by atoms with van der Waals surface area (Å²) in [5.74, 6) is 0.428. The average molecular weight is 390 g/mol. The quantitative estimate of drug-likeness (QED) is 0.745. The first-order valence-corrected chi connectivity index (χ1v) is 8.92. The highest BCUT2D eigenvalue weighted by molar-refractivity contribution is 6.33. The van der Waals surface area contributed by atoms with E-state index < -0.39 is 30.2 Å². The Morgan fingerprint density at radius 1 is 1.23 bits per heavy atom. The van der Waals surface area contributed by atoms with E-state index >= 15 is 0 Å². The van der Waals surface area contributed by atoms with Gasteiger partial charge >= 0.3 is 12.1 Å². The van der Waals surface area contributed by atoms with Crippen molar-refractivity contribution in [1.29, 1.82) is 0 Å². The molecule has 26 heavy (non-hydrogen) atoms. The molecular formula is C18H19ClF3NO3. The van der Waals surface area contributed by atoms with Crippen LogP contribution in [0.15, 0.2) is 18.2 Å². The van der Waals surface area contributed by atoms with Gasteiger partial charge in [0, 0.05) is 6.42 Å². The van der Waals surface area contributed by atoms with Crippen LogP contribution >= 0.6 is 11.6 Å². The van der Waals surface area contributed by atoms with Crippen LogP contribution in [-0.4, -0.2) is 18.5 Å². The normalized spacial score (nSPS) is 24.5. The Morgan fingerprint density at radius 2 is 2.00 bits per heavy atom. The molecule has 2 saturated carbocycles. The molecule has 1 aromatic carbocycles. The van der Waals surface area contributed by atoms with Crippen molar-refractivity contribution in [3.05, 3.63) is 28.8 Å². The Labute approximate surface area is 154 Å². The van der Waals surface area contributed by atoms with E-state index in [0.29, 0.717) is 24.2 Å². The smallest absolute Gasteiger partial charge is 0.416 e. The van der Waals surface area contributed by atoms with Crippen LogP contribution in [0.25, 0.3) is 0 Å². The topological polar surface area (TPSA) is 55.4 Å². The summed E-state index contributed by atoms with van der Waals surface area (Å²) >= 11 is 5.81. The summed E-state index contributed by atoms with van der Waals surface area (Å²) in [6, 6.07) is 2.63. The number of carbonyl (C=O) groups is 2. The molecule has 1 amide bonds. The van der Waals surface area contributed by atoms with Crippen molar-refractivity contribution in [2.45, 2.75) is 38.3 Å². The molecule has 1 N–H and O–H groups in total. The molecule has 4 nitrogen and oxygen atoms in total. The standard InChI is InChI=1S/C18H19ClF3NO3/c19-14-4-3-13(18(20,21)22)8-15(14)23-16(24)9-26-17(25)7-12-6-10-1-2-11(12)5-10/h3-4,8,10-12H,1-2,5-7,9H2,(H,23,24). The van der Waals surface area contributed by atoms with Crippen LogP contribution in [0.4, 0.5) is 18.9 Å². The SMILES string of the molecule is O=C(COC(=O)CC1CC2CCC1C2)Nc1cc(C(F)(F)F)ccc1Cl. The number of anilines is 1. The van der Waals surface area contributed by atoms with Gasteiger partial charge in [0.25, 0.3) is 5.91 Å². The van der Waals surface area contributed by atoms with Crippen molar-refractivity contribution in [1.82, 2.24) is 0 Å². The average Bonchev–Trinajstić information content (AvgIpc) is 3.17. The zero-order valence-corrected chi connectivity index (χ0v) is 14.7. The van der Waals surface area contributed by atoms with Gasteiger partial charge in [-0.2, -0.15) is 13.2 Å². The van der Waals surface area contributed by atoms with Gasteiger partial charge < -0.3 is 10.1 Å². The van der Waals surface area contributed by atoms with E-state index in [1.165, 1.54) is 12.8 Å².